The van der Waals surface area contributed by atoms with E-state index in [2.05, 4.69) is 29.1 Å². The van der Waals surface area contributed by atoms with Crippen LogP contribution >= 0.6 is 11.3 Å². The van der Waals surface area contributed by atoms with Gasteiger partial charge in [-0.05, 0) is 33.3 Å². The van der Waals surface area contributed by atoms with Crippen molar-refractivity contribution in [1.29, 1.82) is 0 Å². The van der Waals surface area contributed by atoms with Crippen molar-refractivity contribution in [3.63, 3.8) is 0 Å². The van der Waals surface area contributed by atoms with E-state index in [1.807, 2.05) is 18.7 Å². The number of fused-ring (bicyclic) bond motifs is 1. The second-order valence-electron chi connectivity index (χ2n) is 4.63. The van der Waals surface area contributed by atoms with Crippen LogP contribution in [0.25, 0.3) is 10.2 Å². The molecule has 0 saturated heterocycles. The molecule has 0 saturated carbocycles. The lowest BCUT2D eigenvalue weighted by molar-refractivity contribution is -0.119. The van der Waals surface area contributed by atoms with Gasteiger partial charge in [-0.3, -0.25) is 4.79 Å². The van der Waals surface area contributed by atoms with Crippen molar-refractivity contribution in [2.75, 3.05) is 24.5 Å². The van der Waals surface area contributed by atoms with Gasteiger partial charge in [0, 0.05) is 18.0 Å². The van der Waals surface area contributed by atoms with Crippen molar-refractivity contribution < 1.29 is 4.79 Å². The number of hydrogen-bond donors (Lipinski definition) is 1. The van der Waals surface area contributed by atoms with Gasteiger partial charge in [0.2, 0.25) is 5.91 Å². The highest BCUT2D eigenvalue weighted by Gasteiger charge is 2.17. The van der Waals surface area contributed by atoms with Crippen molar-refractivity contribution in [3.8, 4) is 0 Å². The first-order valence-corrected chi connectivity index (χ1v) is 7.62. The summed E-state index contributed by atoms with van der Waals surface area (Å²) in [6.45, 7) is 9.83. The van der Waals surface area contributed by atoms with Gasteiger partial charge in [0.05, 0.1) is 11.9 Å². The number of likely N-dealkylation sites (N-methyl/N-ethyl adjacent to an activating group) is 2. The number of anilines is 1. The van der Waals surface area contributed by atoms with Gasteiger partial charge in [0.25, 0.3) is 0 Å². The van der Waals surface area contributed by atoms with Gasteiger partial charge in [0.15, 0.2) is 0 Å². The molecule has 0 atom stereocenters. The van der Waals surface area contributed by atoms with Crippen LogP contribution in [0, 0.1) is 13.8 Å². The first-order valence-electron chi connectivity index (χ1n) is 6.80. The molecule has 1 amide bonds. The summed E-state index contributed by atoms with van der Waals surface area (Å²) in [7, 11) is 0. The Kier molecular flexibility index (Phi) is 4.54. The number of rotatable bonds is 5. The van der Waals surface area contributed by atoms with E-state index >= 15 is 0 Å². The van der Waals surface area contributed by atoms with Crippen LogP contribution in [-0.2, 0) is 4.79 Å². The third-order valence-corrected chi connectivity index (χ3v) is 4.45. The molecular formula is C14H20N4OS. The molecule has 0 aliphatic rings. The van der Waals surface area contributed by atoms with Crippen LogP contribution in [0.1, 0.15) is 24.3 Å². The van der Waals surface area contributed by atoms with Crippen LogP contribution < -0.4 is 10.2 Å². The van der Waals surface area contributed by atoms with Crippen molar-refractivity contribution in [2.24, 2.45) is 0 Å². The molecule has 2 rings (SSSR count). The van der Waals surface area contributed by atoms with E-state index in [4.69, 9.17) is 0 Å². The molecule has 0 spiro atoms. The van der Waals surface area contributed by atoms with Crippen LogP contribution in [0.15, 0.2) is 6.33 Å². The average Bonchev–Trinajstić information content (AvgIpc) is 2.72. The van der Waals surface area contributed by atoms with Gasteiger partial charge >= 0.3 is 0 Å². The monoisotopic (exact) mass is 292 g/mol. The maximum atomic E-state index is 11.8. The molecule has 0 fully saturated rings. The number of amides is 1. The van der Waals surface area contributed by atoms with Crippen molar-refractivity contribution in [2.45, 2.75) is 27.7 Å². The number of carbonyl (C=O) groups excluding carboxylic acids is 1. The molecule has 2 heterocycles. The second kappa shape index (κ2) is 6.17. The minimum absolute atomic E-state index is 0.0192. The van der Waals surface area contributed by atoms with Gasteiger partial charge in [-0.2, -0.15) is 0 Å². The Hall–Kier alpha value is -1.69. The van der Waals surface area contributed by atoms with E-state index in [0.29, 0.717) is 13.1 Å². The fraction of sp³-hybridized carbons (Fsp3) is 0.500. The van der Waals surface area contributed by atoms with Gasteiger partial charge in [-0.25, -0.2) is 9.97 Å². The van der Waals surface area contributed by atoms with Crippen molar-refractivity contribution >= 4 is 33.3 Å². The first kappa shape index (κ1) is 14.7. The number of aryl methyl sites for hydroxylation is 2. The summed E-state index contributed by atoms with van der Waals surface area (Å²) in [5.41, 5.74) is 1.20. The summed E-state index contributed by atoms with van der Waals surface area (Å²) in [4.78, 5) is 24.8. The Labute approximate surface area is 123 Å². The number of thiophene rings is 1. The minimum Gasteiger partial charge on any atom is -0.355 e. The third kappa shape index (κ3) is 2.75. The van der Waals surface area contributed by atoms with Gasteiger partial charge in [-0.15, -0.1) is 11.3 Å². The standard InChI is InChI=1S/C14H20N4OS/c1-5-15-11(19)7-18(6-2)13-12-9(3)10(4)20-14(12)17-8-16-13/h8H,5-7H2,1-4H3,(H,15,19). The summed E-state index contributed by atoms with van der Waals surface area (Å²) < 4.78 is 0. The van der Waals surface area contributed by atoms with Crippen LogP contribution in [0.3, 0.4) is 0 Å². The Morgan fingerprint density at radius 2 is 2.10 bits per heavy atom. The number of hydrogen-bond acceptors (Lipinski definition) is 5. The summed E-state index contributed by atoms with van der Waals surface area (Å²) in [6, 6.07) is 0. The van der Waals surface area contributed by atoms with E-state index in [-0.39, 0.29) is 5.91 Å². The minimum atomic E-state index is 0.0192. The molecule has 108 valence electrons. The van der Waals surface area contributed by atoms with Crippen molar-refractivity contribution in [3.05, 3.63) is 16.8 Å². The molecule has 2 aromatic heterocycles. The number of carbonyl (C=O) groups is 1. The molecular weight excluding hydrogens is 272 g/mol. The highest BCUT2D eigenvalue weighted by molar-refractivity contribution is 7.18. The maximum Gasteiger partial charge on any atom is 0.239 e. The molecule has 1 N–H and O–H groups in total. The fourth-order valence-electron chi connectivity index (χ4n) is 2.17. The molecule has 0 aliphatic heterocycles. The van der Waals surface area contributed by atoms with E-state index in [1.54, 1.807) is 17.7 Å². The zero-order valence-corrected chi connectivity index (χ0v) is 13.2. The normalized spacial score (nSPS) is 10.8. The Morgan fingerprint density at radius 1 is 1.35 bits per heavy atom. The SMILES string of the molecule is CCNC(=O)CN(CC)c1ncnc2sc(C)c(C)c12. The lowest BCUT2D eigenvalue weighted by atomic mass is 10.2. The average molecular weight is 292 g/mol. The molecule has 0 bridgehead atoms. The van der Waals surface area contributed by atoms with Gasteiger partial charge < -0.3 is 10.2 Å². The molecule has 6 heteroatoms. The summed E-state index contributed by atoms with van der Waals surface area (Å²) in [5.74, 6) is 0.872. The topological polar surface area (TPSA) is 58.1 Å². The van der Waals surface area contributed by atoms with E-state index in [9.17, 15) is 4.79 Å². The number of nitrogens with zero attached hydrogens (tertiary/aromatic N) is 3. The molecule has 0 radical (unpaired) electrons. The molecule has 0 aliphatic carbocycles. The quantitative estimate of drug-likeness (QED) is 0.918. The molecule has 0 aromatic carbocycles. The van der Waals surface area contributed by atoms with E-state index < -0.39 is 0 Å². The lowest BCUT2D eigenvalue weighted by Gasteiger charge is -2.22. The zero-order valence-electron chi connectivity index (χ0n) is 12.4. The molecule has 5 nitrogen and oxygen atoms in total. The van der Waals surface area contributed by atoms with Crippen LogP contribution in [0.2, 0.25) is 0 Å². The Balaban J connectivity index is 2.41. The smallest absolute Gasteiger partial charge is 0.239 e. The maximum absolute atomic E-state index is 11.8. The highest BCUT2D eigenvalue weighted by Crippen LogP contribution is 2.33. The number of nitrogens with one attached hydrogen (secondary N) is 1. The van der Waals surface area contributed by atoms with Gasteiger partial charge in [0.1, 0.15) is 17.0 Å². The highest BCUT2D eigenvalue weighted by atomic mass is 32.1. The predicted octanol–water partition coefficient (Wildman–Crippen LogP) is 2.27. The molecule has 0 unspecified atom stereocenters. The molecule has 20 heavy (non-hydrogen) atoms. The van der Waals surface area contributed by atoms with Crippen LogP contribution in [0.5, 0.6) is 0 Å². The lowest BCUT2D eigenvalue weighted by Crippen LogP contribution is -2.37. The van der Waals surface area contributed by atoms with Crippen LogP contribution in [-0.4, -0.2) is 35.5 Å². The summed E-state index contributed by atoms with van der Waals surface area (Å²) in [6.07, 6.45) is 1.58. The fourth-order valence-corrected chi connectivity index (χ4v) is 3.16. The second-order valence-corrected chi connectivity index (χ2v) is 5.83. The number of aromatic nitrogens is 2. The Bertz CT molecular complexity index is 623. The predicted molar refractivity (Wildman–Crippen MR) is 83.5 cm³/mol. The van der Waals surface area contributed by atoms with E-state index in [0.717, 1.165) is 22.6 Å². The first-order chi connectivity index (χ1) is 9.58. The van der Waals surface area contributed by atoms with E-state index in [1.165, 1.54) is 10.4 Å². The van der Waals surface area contributed by atoms with Crippen LogP contribution in [0.4, 0.5) is 5.82 Å². The van der Waals surface area contributed by atoms with Crippen molar-refractivity contribution in [1.82, 2.24) is 15.3 Å². The molecule has 2 aromatic rings. The third-order valence-electron chi connectivity index (χ3n) is 3.34. The summed E-state index contributed by atoms with van der Waals surface area (Å²) in [5, 5.41) is 3.90. The van der Waals surface area contributed by atoms with Gasteiger partial charge in [-0.1, -0.05) is 0 Å². The zero-order chi connectivity index (χ0) is 14.7. The Morgan fingerprint density at radius 3 is 2.75 bits per heavy atom. The largest absolute Gasteiger partial charge is 0.355 e. The summed E-state index contributed by atoms with van der Waals surface area (Å²) >= 11 is 1.67.